The lowest BCUT2D eigenvalue weighted by atomic mass is 10.2. The number of nitrogens with zero attached hydrogens (tertiary/aromatic N) is 2. The standard InChI is InChI=1S/C24H25N3O5S/c1-17-5-12-21(13-6-17)33(29,30)27(2)20-10-8-19(9-11-20)24(28)26-25-16-18-7-14-22(31-3)23(15-18)32-4/h5-16H,1-4H3,(H,26,28)/b25-16-. The Morgan fingerprint density at radius 2 is 1.58 bits per heavy atom. The largest absolute Gasteiger partial charge is 0.493 e. The highest BCUT2D eigenvalue weighted by Crippen LogP contribution is 2.27. The lowest BCUT2D eigenvalue weighted by molar-refractivity contribution is 0.0955. The predicted octanol–water partition coefficient (Wildman–Crippen LogP) is 3.60. The maximum Gasteiger partial charge on any atom is 0.271 e. The number of methoxy groups -OCH3 is 2. The van der Waals surface area contributed by atoms with Gasteiger partial charge in [0.25, 0.3) is 15.9 Å². The van der Waals surface area contributed by atoms with Crippen LogP contribution in [-0.4, -0.2) is 41.8 Å². The summed E-state index contributed by atoms with van der Waals surface area (Å²) in [5.74, 6) is 0.712. The monoisotopic (exact) mass is 467 g/mol. The molecule has 0 atom stereocenters. The third-order valence-electron chi connectivity index (χ3n) is 4.96. The van der Waals surface area contributed by atoms with Gasteiger partial charge in [0.15, 0.2) is 11.5 Å². The number of amides is 1. The van der Waals surface area contributed by atoms with E-state index in [1.807, 2.05) is 6.92 Å². The molecule has 0 radical (unpaired) electrons. The number of ether oxygens (including phenoxy) is 2. The van der Waals surface area contributed by atoms with Crippen LogP contribution in [0.15, 0.2) is 76.7 Å². The van der Waals surface area contributed by atoms with Crippen molar-refractivity contribution in [2.75, 3.05) is 25.6 Å². The Morgan fingerprint density at radius 1 is 0.939 bits per heavy atom. The van der Waals surface area contributed by atoms with Crippen LogP contribution in [-0.2, 0) is 10.0 Å². The van der Waals surface area contributed by atoms with Gasteiger partial charge in [0.05, 0.1) is 31.0 Å². The fourth-order valence-corrected chi connectivity index (χ4v) is 4.19. The molecule has 0 unspecified atom stereocenters. The lowest BCUT2D eigenvalue weighted by Crippen LogP contribution is -2.26. The molecule has 9 heteroatoms. The fourth-order valence-electron chi connectivity index (χ4n) is 2.99. The lowest BCUT2D eigenvalue weighted by Gasteiger charge is -2.19. The van der Waals surface area contributed by atoms with Crippen LogP contribution >= 0.6 is 0 Å². The van der Waals surface area contributed by atoms with E-state index in [0.717, 1.165) is 5.56 Å². The molecule has 172 valence electrons. The SMILES string of the molecule is COc1ccc(/C=N\NC(=O)c2ccc(N(C)S(=O)(=O)c3ccc(C)cc3)cc2)cc1OC. The van der Waals surface area contributed by atoms with Crippen molar-refractivity contribution in [3.8, 4) is 11.5 Å². The van der Waals surface area contributed by atoms with Crippen molar-refractivity contribution in [3.05, 3.63) is 83.4 Å². The van der Waals surface area contributed by atoms with Gasteiger partial charge in [0.1, 0.15) is 0 Å². The number of anilines is 1. The van der Waals surface area contributed by atoms with Crippen LogP contribution in [0.2, 0.25) is 0 Å². The molecule has 0 aliphatic heterocycles. The Balaban J connectivity index is 1.67. The van der Waals surface area contributed by atoms with Crippen LogP contribution in [0.1, 0.15) is 21.5 Å². The van der Waals surface area contributed by atoms with Gasteiger partial charge >= 0.3 is 0 Å². The van der Waals surface area contributed by atoms with Crippen molar-refractivity contribution in [2.45, 2.75) is 11.8 Å². The summed E-state index contributed by atoms with van der Waals surface area (Å²) in [6.45, 7) is 1.89. The van der Waals surface area contributed by atoms with Crippen LogP contribution in [0.5, 0.6) is 11.5 Å². The van der Waals surface area contributed by atoms with Gasteiger partial charge in [-0.2, -0.15) is 5.10 Å². The number of benzene rings is 3. The molecule has 0 saturated carbocycles. The highest BCUT2D eigenvalue weighted by Gasteiger charge is 2.21. The van der Waals surface area contributed by atoms with E-state index in [1.54, 1.807) is 61.7 Å². The average molecular weight is 468 g/mol. The van der Waals surface area contributed by atoms with Crippen LogP contribution < -0.4 is 19.2 Å². The van der Waals surface area contributed by atoms with E-state index in [4.69, 9.17) is 9.47 Å². The van der Waals surface area contributed by atoms with Gasteiger partial charge in [-0.05, 0) is 67.1 Å². The van der Waals surface area contributed by atoms with Crippen molar-refractivity contribution in [2.24, 2.45) is 5.10 Å². The molecular formula is C24H25N3O5S. The first-order valence-electron chi connectivity index (χ1n) is 9.97. The van der Waals surface area contributed by atoms with Gasteiger partial charge in [-0.25, -0.2) is 13.8 Å². The topological polar surface area (TPSA) is 97.3 Å². The average Bonchev–Trinajstić information content (AvgIpc) is 2.83. The number of aryl methyl sites for hydroxylation is 1. The van der Waals surface area contributed by atoms with Gasteiger partial charge in [0, 0.05) is 12.6 Å². The third kappa shape index (κ3) is 5.50. The minimum Gasteiger partial charge on any atom is -0.493 e. The van der Waals surface area contributed by atoms with Crippen LogP contribution in [0.25, 0.3) is 0 Å². The first kappa shape index (κ1) is 23.8. The van der Waals surface area contributed by atoms with E-state index in [9.17, 15) is 13.2 Å². The zero-order valence-corrected chi connectivity index (χ0v) is 19.6. The Hall–Kier alpha value is -3.85. The smallest absolute Gasteiger partial charge is 0.271 e. The summed E-state index contributed by atoms with van der Waals surface area (Å²) in [7, 11) is 0.846. The van der Waals surface area contributed by atoms with Gasteiger partial charge in [-0.1, -0.05) is 17.7 Å². The summed E-state index contributed by atoms with van der Waals surface area (Å²) in [6, 6.07) is 18.1. The number of hydrazone groups is 1. The molecule has 8 nitrogen and oxygen atoms in total. The summed E-state index contributed by atoms with van der Waals surface area (Å²) in [5.41, 5.74) is 4.91. The number of carbonyl (C=O) groups is 1. The molecule has 0 spiro atoms. The quantitative estimate of drug-likeness (QED) is 0.403. The zero-order valence-electron chi connectivity index (χ0n) is 18.8. The van der Waals surface area contributed by atoms with Crippen molar-refractivity contribution < 1.29 is 22.7 Å². The molecule has 0 saturated heterocycles. The molecule has 3 rings (SSSR count). The second-order valence-corrected chi connectivity index (χ2v) is 9.12. The molecule has 0 bridgehead atoms. The Morgan fingerprint density at radius 3 is 2.18 bits per heavy atom. The molecule has 0 aliphatic carbocycles. The minimum atomic E-state index is -3.71. The number of rotatable bonds is 8. The normalized spacial score (nSPS) is 11.3. The third-order valence-corrected chi connectivity index (χ3v) is 6.76. The van der Waals surface area contributed by atoms with Crippen molar-refractivity contribution in [1.29, 1.82) is 0 Å². The number of hydrogen-bond donors (Lipinski definition) is 1. The van der Waals surface area contributed by atoms with E-state index in [0.29, 0.717) is 28.3 Å². The summed E-state index contributed by atoms with van der Waals surface area (Å²) >= 11 is 0. The number of nitrogens with one attached hydrogen (secondary N) is 1. The van der Waals surface area contributed by atoms with E-state index in [2.05, 4.69) is 10.5 Å². The highest BCUT2D eigenvalue weighted by atomic mass is 32.2. The van der Waals surface area contributed by atoms with Gasteiger partial charge in [-0.3, -0.25) is 9.10 Å². The zero-order chi connectivity index (χ0) is 24.0. The second kappa shape index (κ2) is 10.2. The predicted molar refractivity (Wildman–Crippen MR) is 128 cm³/mol. The molecule has 0 fully saturated rings. The summed E-state index contributed by atoms with van der Waals surface area (Å²) in [4.78, 5) is 12.6. The molecule has 0 aliphatic rings. The Kier molecular flexibility index (Phi) is 7.34. The summed E-state index contributed by atoms with van der Waals surface area (Å²) < 4.78 is 37.3. The maximum absolute atomic E-state index is 12.8. The first-order valence-corrected chi connectivity index (χ1v) is 11.4. The summed E-state index contributed by atoms with van der Waals surface area (Å²) in [6.07, 6.45) is 1.48. The molecule has 1 N–H and O–H groups in total. The van der Waals surface area contributed by atoms with Gasteiger partial charge < -0.3 is 9.47 Å². The summed E-state index contributed by atoms with van der Waals surface area (Å²) in [5, 5.41) is 3.97. The van der Waals surface area contributed by atoms with Crippen LogP contribution in [0, 0.1) is 6.92 Å². The minimum absolute atomic E-state index is 0.196. The first-order chi connectivity index (χ1) is 15.8. The van der Waals surface area contributed by atoms with Crippen LogP contribution in [0.3, 0.4) is 0 Å². The van der Waals surface area contributed by atoms with Gasteiger partial charge in [-0.15, -0.1) is 0 Å². The molecule has 3 aromatic rings. The van der Waals surface area contributed by atoms with E-state index in [-0.39, 0.29) is 4.90 Å². The van der Waals surface area contributed by atoms with E-state index < -0.39 is 15.9 Å². The van der Waals surface area contributed by atoms with E-state index >= 15 is 0 Å². The molecule has 33 heavy (non-hydrogen) atoms. The molecule has 0 heterocycles. The molecule has 3 aromatic carbocycles. The Bertz CT molecular complexity index is 1250. The van der Waals surface area contributed by atoms with Crippen molar-refractivity contribution in [3.63, 3.8) is 0 Å². The van der Waals surface area contributed by atoms with Gasteiger partial charge in [0.2, 0.25) is 0 Å². The van der Waals surface area contributed by atoms with Crippen molar-refractivity contribution >= 4 is 27.8 Å². The molecule has 1 amide bonds. The highest BCUT2D eigenvalue weighted by molar-refractivity contribution is 7.92. The second-order valence-electron chi connectivity index (χ2n) is 7.15. The number of sulfonamides is 1. The van der Waals surface area contributed by atoms with E-state index in [1.165, 1.54) is 36.8 Å². The van der Waals surface area contributed by atoms with Crippen molar-refractivity contribution in [1.82, 2.24) is 5.43 Å². The molecular weight excluding hydrogens is 442 g/mol. The number of carbonyl (C=O) groups excluding carboxylic acids is 1. The molecule has 0 aromatic heterocycles. The van der Waals surface area contributed by atoms with Crippen LogP contribution in [0.4, 0.5) is 5.69 Å². The number of hydrogen-bond acceptors (Lipinski definition) is 6. The fraction of sp³-hybridized carbons (Fsp3) is 0.167. The maximum atomic E-state index is 12.8. The Labute approximate surface area is 193 Å².